The second-order valence-corrected chi connectivity index (χ2v) is 7.95. The SMILES string of the molecule is CCCCO[C@H](C)C(=O)Nc1ccc(OCC)c(S(=O)(=O)N(CC)CC)c1. The molecule has 0 spiro atoms. The van der Waals surface area contributed by atoms with E-state index >= 15 is 0 Å². The van der Waals surface area contributed by atoms with Crippen LogP contribution in [0.5, 0.6) is 5.75 Å². The second-order valence-electron chi connectivity index (χ2n) is 6.04. The number of unbranched alkanes of at least 4 members (excludes halogenated alkanes) is 1. The lowest BCUT2D eigenvalue weighted by Crippen LogP contribution is -2.31. The zero-order valence-corrected chi connectivity index (χ0v) is 17.8. The van der Waals surface area contributed by atoms with Gasteiger partial charge in [-0.25, -0.2) is 8.42 Å². The average molecular weight is 401 g/mol. The molecule has 154 valence electrons. The highest BCUT2D eigenvalue weighted by Gasteiger charge is 2.26. The Bertz CT molecular complexity index is 702. The van der Waals surface area contributed by atoms with E-state index in [1.165, 1.54) is 10.4 Å². The van der Waals surface area contributed by atoms with Crippen LogP contribution >= 0.6 is 0 Å². The van der Waals surface area contributed by atoms with Crippen molar-refractivity contribution < 1.29 is 22.7 Å². The lowest BCUT2D eigenvalue weighted by Gasteiger charge is -2.21. The van der Waals surface area contributed by atoms with Crippen molar-refractivity contribution >= 4 is 21.6 Å². The van der Waals surface area contributed by atoms with Gasteiger partial charge in [-0.2, -0.15) is 4.31 Å². The quantitative estimate of drug-likeness (QED) is 0.544. The van der Waals surface area contributed by atoms with E-state index in [0.29, 0.717) is 32.0 Å². The van der Waals surface area contributed by atoms with E-state index in [4.69, 9.17) is 9.47 Å². The standard InChI is InChI=1S/C19H32N2O5S/c1-6-10-13-26-15(5)19(22)20-16-11-12-17(25-9-4)18(14-16)27(23,24)21(7-2)8-3/h11-12,14-15H,6-10,13H2,1-5H3,(H,20,22)/t15-/m1/s1. The summed E-state index contributed by atoms with van der Waals surface area (Å²) in [5.74, 6) is -0.0453. The number of nitrogens with one attached hydrogen (secondary N) is 1. The number of amides is 1. The molecule has 0 aliphatic carbocycles. The Balaban J connectivity index is 3.10. The maximum absolute atomic E-state index is 12.9. The fourth-order valence-electron chi connectivity index (χ4n) is 2.49. The van der Waals surface area contributed by atoms with Crippen molar-refractivity contribution in [2.24, 2.45) is 0 Å². The van der Waals surface area contributed by atoms with Crippen LogP contribution in [0.1, 0.15) is 47.5 Å². The van der Waals surface area contributed by atoms with Crippen molar-refractivity contribution in [2.75, 3.05) is 31.6 Å². The molecule has 1 amide bonds. The first kappa shape index (κ1) is 23.4. The summed E-state index contributed by atoms with van der Waals surface area (Å²) in [6.45, 7) is 10.6. The molecule has 1 N–H and O–H groups in total. The normalized spacial score (nSPS) is 12.8. The van der Waals surface area contributed by atoms with Gasteiger partial charge in [0.15, 0.2) is 0 Å². The Hall–Kier alpha value is -1.64. The summed E-state index contributed by atoms with van der Waals surface area (Å²) in [6, 6.07) is 4.64. The van der Waals surface area contributed by atoms with Gasteiger partial charge in [0.25, 0.3) is 5.91 Å². The highest BCUT2D eigenvalue weighted by Crippen LogP contribution is 2.30. The lowest BCUT2D eigenvalue weighted by atomic mass is 10.2. The van der Waals surface area contributed by atoms with Crippen LogP contribution in [0.3, 0.4) is 0 Å². The van der Waals surface area contributed by atoms with Gasteiger partial charge >= 0.3 is 0 Å². The summed E-state index contributed by atoms with van der Waals surface area (Å²) >= 11 is 0. The molecule has 0 aliphatic heterocycles. The molecular weight excluding hydrogens is 368 g/mol. The van der Waals surface area contributed by atoms with Crippen LogP contribution in [-0.2, 0) is 19.6 Å². The van der Waals surface area contributed by atoms with Crippen LogP contribution in [0.4, 0.5) is 5.69 Å². The third-order valence-corrected chi connectivity index (χ3v) is 6.14. The van der Waals surface area contributed by atoms with Gasteiger partial charge in [-0.1, -0.05) is 27.2 Å². The third-order valence-electron chi connectivity index (χ3n) is 4.07. The molecule has 1 aromatic rings. The number of hydrogen-bond donors (Lipinski definition) is 1. The van der Waals surface area contributed by atoms with E-state index in [1.54, 1.807) is 39.8 Å². The topological polar surface area (TPSA) is 84.9 Å². The van der Waals surface area contributed by atoms with E-state index in [1.807, 2.05) is 6.92 Å². The summed E-state index contributed by atoms with van der Waals surface area (Å²) in [7, 11) is -3.72. The molecule has 1 atom stereocenters. The van der Waals surface area contributed by atoms with Crippen LogP contribution in [0.15, 0.2) is 23.1 Å². The molecule has 8 heteroatoms. The number of benzene rings is 1. The Labute approximate surface area is 163 Å². The molecule has 0 aromatic heterocycles. The molecule has 0 aliphatic rings. The maximum Gasteiger partial charge on any atom is 0.253 e. The molecule has 0 saturated heterocycles. The first-order valence-corrected chi connectivity index (χ1v) is 10.9. The van der Waals surface area contributed by atoms with Crippen molar-refractivity contribution in [1.29, 1.82) is 0 Å². The second kappa shape index (κ2) is 11.3. The van der Waals surface area contributed by atoms with Gasteiger partial charge in [-0.3, -0.25) is 4.79 Å². The van der Waals surface area contributed by atoms with Crippen LogP contribution in [0, 0.1) is 0 Å². The van der Waals surface area contributed by atoms with E-state index in [0.717, 1.165) is 12.8 Å². The molecule has 0 radical (unpaired) electrons. The number of sulfonamides is 1. The van der Waals surface area contributed by atoms with E-state index < -0.39 is 16.1 Å². The zero-order valence-electron chi connectivity index (χ0n) is 16.9. The minimum atomic E-state index is -3.72. The van der Waals surface area contributed by atoms with Gasteiger partial charge < -0.3 is 14.8 Å². The summed E-state index contributed by atoms with van der Waals surface area (Å²) in [6.07, 6.45) is 1.25. The molecule has 7 nitrogen and oxygen atoms in total. The number of rotatable bonds is 12. The Morgan fingerprint density at radius 3 is 2.41 bits per heavy atom. The van der Waals surface area contributed by atoms with Crippen LogP contribution in [0.25, 0.3) is 0 Å². The van der Waals surface area contributed by atoms with Gasteiger partial charge in [0, 0.05) is 25.4 Å². The predicted octanol–water partition coefficient (Wildman–Crippen LogP) is 3.26. The van der Waals surface area contributed by atoms with Crippen molar-refractivity contribution in [3.8, 4) is 5.75 Å². The highest BCUT2D eigenvalue weighted by molar-refractivity contribution is 7.89. The molecule has 0 unspecified atom stereocenters. The number of ether oxygens (including phenoxy) is 2. The van der Waals surface area contributed by atoms with Crippen LogP contribution in [-0.4, -0.2) is 51.0 Å². The molecule has 1 rings (SSSR count). The predicted molar refractivity (Wildman–Crippen MR) is 107 cm³/mol. The van der Waals surface area contributed by atoms with E-state index in [-0.39, 0.29) is 16.6 Å². The Kier molecular flexibility index (Phi) is 9.76. The summed E-state index contributed by atoms with van der Waals surface area (Å²) in [4.78, 5) is 12.3. The smallest absolute Gasteiger partial charge is 0.253 e. The van der Waals surface area contributed by atoms with Gasteiger partial charge in [-0.15, -0.1) is 0 Å². The van der Waals surface area contributed by atoms with Crippen LogP contribution < -0.4 is 10.1 Å². The van der Waals surface area contributed by atoms with Gasteiger partial charge in [0.1, 0.15) is 16.7 Å². The molecule has 27 heavy (non-hydrogen) atoms. The molecular formula is C19H32N2O5S. The maximum atomic E-state index is 12.9. The Morgan fingerprint density at radius 2 is 1.85 bits per heavy atom. The first-order valence-electron chi connectivity index (χ1n) is 9.51. The van der Waals surface area contributed by atoms with E-state index in [2.05, 4.69) is 5.32 Å². The van der Waals surface area contributed by atoms with E-state index in [9.17, 15) is 13.2 Å². The number of nitrogens with zero attached hydrogens (tertiary/aromatic N) is 1. The average Bonchev–Trinajstić information content (AvgIpc) is 2.63. The minimum absolute atomic E-state index is 0.0467. The number of carbonyl (C=O) groups excluding carboxylic acids is 1. The number of anilines is 1. The van der Waals surface area contributed by atoms with Crippen molar-refractivity contribution in [3.05, 3.63) is 18.2 Å². The molecule has 0 heterocycles. The largest absolute Gasteiger partial charge is 0.492 e. The molecule has 0 fully saturated rings. The zero-order chi connectivity index (χ0) is 20.4. The highest BCUT2D eigenvalue weighted by atomic mass is 32.2. The van der Waals surface area contributed by atoms with Crippen molar-refractivity contribution in [1.82, 2.24) is 4.31 Å². The monoisotopic (exact) mass is 400 g/mol. The van der Waals surface area contributed by atoms with Gasteiger partial charge in [-0.05, 0) is 38.5 Å². The summed E-state index contributed by atoms with van der Waals surface area (Å²) in [5.41, 5.74) is 0.389. The lowest BCUT2D eigenvalue weighted by molar-refractivity contribution is -0.126. The van der Waals surface area contributed by atoms with Crippen molar-refractivity contribution in [3.63, 3.8) is 0 Å². The number of hydrogen-bond acceptors (Lipinski definition) is 5. The van der Waals surface area contributed by atoms with Gasteiger partial charge in [0.2, 0.25) is 10.0 Å². The minimum Gasteiger partial charge on any atom is -0.492 e. The molecule has 0 bridgehead atoms. The number of carbonyl (C=O) groups is 1. The van der Waals surface area contributed by atoms with Crippen molar-refractivity contribution in [2.45, 2.75) is 58.5 Å². The fourth-order valence-corrected chi connectivity index (χ4v) is 4.10. The summed E-state index contributed by atoms with van der Waals surface area (Å²) in [5, 5.41) is 2.72. The molecule has 1 aromatic carbocycles. The molecule has 0 saturated carbocycles. The van der Waals surface area contributed by atoms with Crippen LogP contribution in [0.2, 0.25) is 0 Å². The third kappa shape index (κ3) is 6.48. The fraction of sp³-hybridized carbons (Fsp3) is 0.632. The summed E-state index contributed by atoms with van der Waals surface area (Å²) < 4.78 is 38.2. The first-order chi connectivity index (χ1) is 12.8. The Morgan fingerprint density at radius 1 is 1.19 bits per heavy atom. The van der Waals surface area contributed by atoms with Gasteiger partial charge in [0.05, 0.1) is 6.61 Å².